The van der Waals surface area contributed by atoms with Crippen LogP contribution in [0, 0.1) is 5.92 Å². The summed E-state index contributed by atoms with van der Waals surface area (Å²) in [7, 11) is 1.00. The third-order valence-electron chi connectivity index (χ3n) is 1.94. The van der Waals surface area contributed by atoms with Crippen LogP contribution in [-0.4, -0.2) is 17.5 Å². The minimum absolute atomic E-state index is 1.00. The first kappa shape index (κ1) is 10.4. The molecule has 10 heavy (non-hydrogen) atoms. The summed E-state index contributed by atoms with van der Waals surface area (Å²) < 4.78 is 0. The molecule has 62 valence electrons. The Balaban J connectivity index is 0.000000371. The molecule has 1 fully saturated rings. The predicted octanol–water partition coefficient (Wildman–Crippen LogP) is 2.57. The van der Waals surface area contributed by atoms with Crippen molar-refractivity contribution in [2.24, 2.45) is 5.92 Å². The monoisotopic (exact) mass is 208 g/mol. The van der Waals surface area contributed by atoms with E-state index in [1.54, 1.807) is 0 Å². The normalized spacial score (nSPS) is 19.5. The van der Waals surface area contributed by atoms with Crippen molar-refractivity contribution in [1.29, 1.82) is 0 Å². The number of aliphatic hydroxyl groups excluding tert-OH is 1. The van der Waals surface area contributed by atoms with Crippen LogP contribution in [0.25, 0.3) is 0 Å². The number of hydrogen-bond donors (Lipinski definition) is 1. The first-order valence-corrected chi connectivity index (χ1v) is 5.06. The molecule has 1 nitrogen and oxygen atoms in total. The molecule has 0 unspecified atom stereocenters. The third-order valence-corrected chi connectivity index (χ3v) is 2.86. The molecule has 0 atom stereocenters. The van der Waals surface area contributed by atoms with Gasteiger partial charge >= 0.3 is 0 Å². The zero-order valence-corrected chi connectivity index (χ0v) is 8.23. The Morgan fingerprint density at radius 3 is 2.00 bits per heavy atom. The Morgan fingerprint density at radius 1 is 1.20 bits per heavy atom. The van der Waals surface area contributed by atoms with Crippen LogP contribution < -0.4 is 0 Å². The maximum Gasteiger partial charge on any atom is 0.0319 e. The SMILES string of the molecule is BrCC1CCCCC1.CO. The number of aliphatic hydroxyl groups is 1. The van der Waals surface area contributed by atoms with Gasteiger partial charge < -0.3 is 5.11 Å². The fraction of sp³-hybridized carbons (Fsp3) is 1.00. The van der Waals surface area contributed by atoms with E-state index in [1.807, 2.05) is 0 Å². The molecule has 1 aliphatic carbocycles. The van der Waals surface area contributed by atoms with Crippen molar-refractivity contribution in [1.82, 2.24) is 0 Å². The number of hydrogen-bond acceptors (Lipinski definition) is 1. The summed E-state index contributed by atoms with van der Waals surface area (Å²) in [6.07, 6.45) is 7.34. The van der Waals surface area contributed by atoms with Gasteiger partial charge in [-0.15, -0.1) is 0 Å². The first-order valence-electron chi connectivity index (χ1n) is 3.94. The molecular formula is C8H17BrO. The van der Waals surface area contributed by atoms with Crippen LogP contribution in [-0.2, 0) is 0 Å². The standard InChI is InChI=1S/C7H13Br.CH4O/c8-6-7-4-2-1-3-5-7;1-2/h7H,1-6H2;2H,1H3. The Kier molecular flexibility index (Phi) is 7.88. The van der Waals surface area contributed by atoms with E-state index in [0.717, 1.165) is 13.0 Å². The average Bonchev–Trinajstić information content (AvgIpc) is 2.10. The Labute approximate surface area is 72.0 Å². The smallest absolute Gasteiger partial charge is 0.0319 e. The van der Waals surface area contributed by atoms with Crippen LogP contribution in [0.3, 0.4) is 0 Å². The lowest BCUT2D eigenvalue weighted by Crippen LogP contribution is -2.06. The van der Waals surface area contributed by atoms with Gasteiger partial charge in [-0.25, -0.2) is 0 Å². The van der Waals surface area contributed by atoms with Crippen molar-refractivity contribution in [3.05, 3.63) is 0 Å². The topological polar surface area (TPSA) is 20.2 Å². The summed E-state index contributed by atoms with van der Waals surface area (Å²) in [5, 5.41) is 8.23. The largest absolute Gasteiger partial charge is 0.400 e. The summed E-state index contributed by atoms with van der Waals surface area (Å²) in [6, 6.07) is 0. The summed E-state index contributed by atoms with van der Waals surface area (Å²) in [6.45, 7) is 0. The van der Waals surface area contributed by atoms with Gasteiger partial charge in [0.05, 0.1) is 0 Å². The number of halogens is 1. The second-order valence-corrected chi connectivity index (χ2v) is 3.31. The summed E-state index contributed by atoms with van der Waals surface area (Å²) in [5.41, 5.74) is 0. The Morgan fingerprint density at radius 2 is 1.70 bits per heavy atom. The van der Waals surface area contributed by atoms with E-state index in [2.05, 4.69) is 15.9 Å². The molecule has 0 aliphatic heterocycles. The maximum absolute atomic E-state index is 7.00. The van der Waals surface area contributed by atoms with Crippen LogP contribution in [0.15, 0.2) is 0 Å². The molecule has 0 radical (unpaired) electrons. The van der Waals surface area contributed by atoms with Gasteiger partial charge in [0.15, 0.2) is 0 Å². The molecule has 0 spiro atoms. The third kappa shape index (κ3) is 4.29. The van der Waals surface area contributed by atoms with Crippen molar-refractivity contribution in [2.45, 2.75) is 32.1 Å². The quantitative estimate of drug-likeness (QED) is 0.658. The van der Waals surface area contributed by atoms with Crippen molar-refractivity contribution >= 4 is 15.9 Å². The molecule has 0 amide bonds. The molecule has 1 rings (SSSR count). The minimum atomic E-state index is 1.00. The first-order chi connectivity index (χ1) is 4.93. The van der Waals surface area contributed by atoms with E-state index >= 15 is 0 Å². The number of alkyl halides is 1. The van der Waals surface area contributed by atoms with E-state index in [9.17, 15) is 0 Å². The molecule has 2 heteroatoms. The molecular weight excluding hydrogens is 192 g/mol. The van der Waals surface area contributed by atoms with Crippen LogP contribution in [0.4, 0.5) is 0 Å². The number of rotatable bonds is 1. The molecule has 0 aromatic heterocycles. The molecule has 1 saturated carbocycles. The Bertz CT molecular complexity index is 60.3. The maximum atomic E-state index is 7.00. The highest BCUT2D eigenvalue weighted by Gasteiger charge is 2.10. The lowest BCUT2D eigenvalue weighted by molar-refractivity contribution is 0.392. The van der Waals surface area contributed by atoms with Gasteiger partial charge in [0.1, 0.15) is 0 Å². The zero-order chi connectivity index (χ0) is 7.82. The molecule has 1 aliphatic rings. The van der Waals surface area contributed by atoms with Crippen molar-refractivity contribution in [2.75, 3.05) is 12.4 Å². The van der Waals surface area contributed by atoms with Crippen LogP contribution in [0.5, 0.6) is 0 Å². The second-order valence-electron chi connectivity index (χ2n) is 2.66. The van der Waals surface area contributed by atoms with Crippen LogP contribution in [0.2, 0.25) is 0 Å². The molecule has 1 N–H and O–H groups in total. The second kappa shape index (κ2) is 7.55. The highest BCUT2D eigenvalue weighted by Crippen LogP contribution is 2.24. The van der Waals surface area contributed by atoms with E-state index in [0.29, 0.717) is 0 Å². The fourth-order valence-electron chi connectivity index (χ4n) is 1.34. The lowest BCUT2D eigenvalue weighted by atomic mass is 9.91. The highest BCUT2D eigenvalue weighted by atomic mass is 79.9. The van der Waals surface area contributed by atoms with E-state index in [4.69, 9.17) is 5.11 Å². The zero-order valence-electron chi connectivity index (χ0n) is 6.65. The average molecular weight is 209 g/mol. The van der Waals surface area contributed by atoms with Gasteiger partial charge in [-0.1, -0.05) is 35.2 Å². The fourth-order valence-corrected chi connectivity index (χ4v) is 1.99. The van der Waals surface area contributed by atoms with E-state index in [1.165, 1.54) is 37.4 Å². The van der Waals surface area contributed by atoms with Gasteiger partial charge in [0.2, 0.25) is 0 Å². The molecule has 0 aromatic rings. The highest BCUT2D eigenvalue weighted by molar-refractivity contribution is 9.09. The van der Waals surface area contributed by atoms with Gasteiger partial charge in [-0.05, 0) is 18.8 Å². The van der Waals surface area contributed by atoms with Crippen LogP contribution >= 0.6 is 15.9 Å². The van der Waals surface area contributed by atoms with Crippen LogP contribution in [0.1, 0.15) is 32.1 Å². The minimum Gasteiger partial charge on any atom is -0.400 e. The Hall–Kier alpha value is 0.440. The van der Waals surface area contributed by atoms with Crippen molar-refractivity contribution in [3.63, 3.8) is 0 Å². The molecule has 0 heterocycles. The van der Waals surface area contributed by atoms with Crippen molar-refractivity contribution in [3.8, 4) is 0 Å². The molecule has 0 aromatic carbocycles. The van der Waals surface area contributed by atoms with Crippen molar-refractivity contribution < 1.29 is 5.11 Å². The molecule has 0 saturated heterocycles. The van der Waals surface area contributed by atoms with Gasteiger partial charge in [0, 0.05) is 12.4 Å². The predicted molar refractivity (Wildman–Crippen MR) is 48.5 cm³/mol. The van der Waals surface area contributed by atoms with Gasteiger partial charge in [-0.3, -0.25) is 0 Å². The van der Waals surface area contributed by atoms with E-state index < -0.39 is 0 Å². The van der Waals surface area contributed by atoms with E-state index in [-0.39, 0.29) is 0 Å². The van der Waals surface area contributed by atoms with Gasteiger partial charge in [0.25, 0.3) is 0 Å². The lowest BCUT2D eigenvalue weighted by Gasteiger charge is -2.18. The van der Waals surface area contributed by atoms with Gasteiger partial charge in [-0.2, -0.15) is 0 Å². The summed E-state index contributed by atoms with van der Waals surface area (Å²) >= 11 is 3.51. The summed E-state index contributed by atoms with van der Waals surface area (Å²) in [4.78, 5) is 0. The molecule has 0 bridgehead atoms. The summed E-state index contributed by atoms with van der Waals surface area (Å²) in [5.74, 6) is 1.00.